The molecular weight excluding hydrogens is 402 g/mol. The average Bonchev–Trinajstić information content (AvgIpc) is 2.79. The van der Waals surface area contributed by atoms with E-state index in [4.69, 9.17) is 9.72 Å². The quantitative estimate of drug-likeness (QED) is 0.716. The van der Waals surface area contributed by atoms with Gasteiger partial charge in [0.25, 0.3) is 0 Å². The van der Waals surface area contributed by atoms with E-state index in [9.17, 15) is 8.42 Å². The summed E-state index contributed by atoms with van der Waals surface area (Å²) < 4.78 is 32.3. The summed E-state index contributed by atoms with van der Waals surface area (Å²) in [6.45, 7) is 6.97. The maximum atomic E-state index is 12.7. The second kappa shape index (κ2) is 9.11. The van der Waals surface area contributed by atoms with E-state index in [2.05, 4.69) is 14.8 Å². The van der Waals surface area contributed by atoms with Gasteiger partial charge in [0, 0.05) is 50.9 Å². The van der Waals surface area contributed by atoms with Gasteiger partial charge in [-0.25, -0.2) is 13.4 Å². The number of benzene rings is 1. The minimum atomic E-state index is -3.45. The van der Waals surface area contributed by atoms with Crippen LogP contribution in [-0.4, -0.2) is 75.2 Å². The van der Waals surface area contributed by atoms with Gasteiger partial charge >= 0.3 is 0 Å². The standard InChI is InChI=1S/C21H27N5O3S/c1-18-2-4-19(5-3-18)7-17-30(27,28)26-11-9-24(10-12-26)20-6-8-22-21(23-20)25-13-15-29-16-14-25/h2-8,17H,9-16H2,1H3/b17-7+. The molecule has 0 saturated carbocycles. The van der Waals surface area contributed by atoms with Crippen LogP contribution in [0.3, 0.4) is 0 Å². The second-order valence-electron chi connectivity index (χ2n) is 7.46. The Labute approximate surface area is 177 Å². The molecule has 0 aliphatic carbocycles. The summed E-state index contributed by atoms with van der Waals surface area (Å²) in [6, 6.07) is 9.65. The van der Waals surface area contributed by atoms with Crippen LogP contribution in [0.5, 0.6) is 0 Å². The van der Waals surface area contributed by atoms with Gasteiger partial charge in [0.15, 0.2) is 0 Å². The van der Waals surface area contributed by atoms with Crippen LogP contribution in [0.1, 0.15) is 11.1 Å². The first-order chi connectivity index (χ1) is 14.5. The van der Waals surface area contributed by atoms with Crippen molar-refractivity contribution in [3.8, 4) is 0 Å². The van der Waals surface area contributed by atoms with Crippen LogP contribution in [-0.2, 0) is 14.8 Å². The Morgan fingerprint density at radius 2 is 1.63 bits per heavy atom. The topological polar surface area (TPSA) is 78.9 Å². The van der Waals surface area contributed by atoms with Gasteiger partial charge in [-0.15, -0.1) is 0 Å². The molecule has 8 nitrogen and oxygen atoms in total. The number of piperazine rings is 1. The van der Waals surface area contributed by atoms with Crippen molar-refractivity contribution in [2.45, 2.75) is 6.92 Å². The summed E-state index contributed by atoms with van der Waals surface area (Å²) in [5.74, 6) is 1.53. The Hall–Kier alpha value is -2.49. The maximum absolute atomic E-state index is 12.7. The predicted octanol–water partition coefficient (Wildman–Crippen LogP) is 1.74. The van der Waals surface area contributed by atoms with Crippen molar-refractivity contribution >= 4 is 27.9 Å². The van der Waals surface area contributed by atoms with Crippen molar-refractivity contribution < 1.29 is 13.2 Å². The first-order valence-corrected chi connectivity index (χ1v) is 11.7. The third-order valence-corrected chi connectivity index (χ3v) is 6.92. The van der Waals surface area contributed by atoms with Gasteiger partial charge in [-0.3, -0.25) is 0 Å². The fourth-order valence-electron chi connectivity index (χ4n) is 3.53. The van der Waals surface area contributed by atoms with Crippen molar-refractivity contribution in [1.82, 2.24) is 14.3 Å². The SMILES string of the molecule is Cc1ccc(/C=C/S(=O)(=O)N2CCN(c3ccnc(N4CCOCC4)n3)CC2)cc1. The molecule has 1 aromatic heterocycles. The molecule has 2 fully saturated rings. The number of morpholine rings is 1. The molecule has 2 aromatic rings. The van der Waals surface area contributed by atoms with Crippen LogP contribution < -0.4 is 9.80 Å². The summed E-state index contributed by atoms with van der Waals surface area (Å²) in [5, 5.41) is 1.30. The molecule has 9 heteroatoms. The average molecular weight is 430 g/mol. The lowest BCUT2D eigenvalue weighted by Gasteiger charge is -2.34. The van der Waals surface area contributed by atoms with Crippen LogP contribution in [0.2, 0.25) is 0 Å². The summed E-state index contributed by atoms with van der Waals surface area (Å²) in [5.41, 5.74) is 2.02. The van der Waals surface area contributed by atoms with Gasteiger partial charge in [-0.2, -0.15) is 9.29 Å². The lowest BCUT2D eigenvalue weighted by Crippen LogP contribution is -2.48. The van der Waals surface area contributed by atoms with Gasteiger partial charge < -0.3 is 14.5 Å². The molecular formula is C21H27N5O3S. The minimum absolute atomic E-state index is 0.428. The summed E-state index contributed by atoms with van der Waals surface area (Å²) in [6.07, 6.45) is 3.42. The molecule has 2 saturated heterocycles. The van der Waals surface area contributed by atoms with Gasteiger partial charge in [-0.1, -0.05) is 29.8 Å². The van der Waals surface area contributed by atoms with Crippen LogP contribution in [0, 0.1) is 6.92 Å². The summed E-state index contributed by atoms with van der Waals surface area (Å²) in [4.78, 5) is 13.3. The molecule has 0 atom stereocenters. The molecule has 0 spiro atoms. The highest BCUT2D eigenvalue weighted by molar-refractivity contribution is 7.92. The van der Waals surface area contributed by atoms with Crippen molar-refractivity contribution in [2.75, 3.05) is 62.3 Å². The number of ether oxygens (including phenoxy) is 1. The minimum Gasteiger partial charge on any atom is -0.378 e. The number of aryl methyl sites for hydroxylation is 1. The molecule has 2 aliphatic rings. The van der Waals surface area contributed by atoms with Crippen LogP contribution >= 0.6 is 0 Å². The molecule has 0 unspecified atom stereocenters. The monoisotopic (exact) mass is 429 g/mol. The predicted molar refractivity (Wildman–Crippen MR) is 118 cm³/mol. The molecule has 3 heterocycles. The molecule has 4 rings (SSSR count). The Morgan fingerprint density at radius 1 is 0.933 bits per heavy atom. The van der Waals surface area contributed by atoms with E-state index in [0.29, 0.717) is 45.3 Å². The number of rotatable bonds is 5. The van der Waals surface area contributed by atoms with E-state index in [1.807, 2.05) is 37.3 Å². The largest absolute Gasteiger partial charge is 0.378 e. The fraction of sp³-hybridized carbons (Fsp3) is 0.429. The van der Waals surface area contributed by atoms with Gasteiger partial charge in [0.05, 0.1) is 13.2 Å². The maximum Gasteiger partial charge on any atom is 0.236 e. The highest BCUT2D eigenvalue weighted by Crippen LogP contribution is 2.19. The molecule has 0 amide bonds. The van der Waals surface area contributed by atoms with E-state index in [0.717, 1.165) is 30.0 Å². The Kier molecular flexibility index (Phi) is 6.31. The zero-order valence-corrected chi connectivity index (χ0v) is 18.0. The third-order valence-electron chi connectivity index (χ3n) is 5.35. The van der Waals surface area contributed by atoms with Crippen LogP contribution in [0.4, 0.5) is 11.8 Å². The number of hydrogen-bond donors (Lipinski definition) is 0. The Bertz CT molecular complexity index is 980. The smallest absolute Gasteiger partial charge is 0.236 e. The summed E-state index contributed by atoms with van der Waals surface area (Å²) in [7, 11) is -3.45. The van der Waals surface area contributed by atoms with E-state index in [1.54, 1.807) is 12.3 Å². The van der Waals surface area contributed by atoms with E-state index >= 15 is 0 Å². The normalized spacial score (nSPS) is 18.8. The van der Waals surface area contributed by atoms with E-state index < -0.39 is 10.0 Å². The molecule has 0 N–H and O–H groups in total. The fourth-order valence-corrected chi connectivity index (χ4v) is 4.70. The molecule has 0 radical (unpaired) electrons. The lowest BCUT2D eigenvalue weighted by molar-refractivity contribution is 0.122. The van der Waals surface area contributed by atoms with Crippen molar-refractivity contribution in [1.29, 1.82) is 0 Å². The lowest BCUT2D eigenvalue weighted by atomic mass is 10.2. The van der Waals surface area contributed by atoms with Crippen molar-refractivity contribution in [3.63, 3.8) is 0 Å². The van der Waals surface area contributed by atoms with Crippen LogP contribution in [0.15, 0.2) is 41.9 Å². The molecule has 30 heavy (non-hydrogen) atoms. The number of nitrogens with zero attached hydrogens (tertiary/aromatic N) is 5. The van der Waals surface area contributed by atoms with E-state index in [1.165, 1.54) is 9.71 Å². The Morgan fingerprint density at radius 3 is 2.33 bits per heavy atom. The number of aromatic nitrogens is 2. The zero-order valence-electron chi connectivity index (χ0n) is 17.1. The van der Waals surface area contributed by atoms with E-state index in [-0.39, 0.29) is 0 Å². The number of sulfonamides is 1. The zero-order chi connectivity index (χ0) is 21.0. The first-order valence-electron chi connectivity index (χ1n) is 10.2. The summed E-state index contributed by atoms with van der Waals surface area (Å²) >= 11 is 0. The third kappa shape index (κ3) is 4.97. The molecule has 160 valence electrons. The first kappa shape index (κ1) is 20.8. The molecule has 2 aliphatic heterocycles. The Balaban J connectivity index is 1.38. The van der Waals surface area contributed by atoms with Crippen LogP contribution in [0.25, 0.3) is 6.08 Å². The molecule has 0 bridgehead atoms. The highest BCUT2D eigenvalue weighted by atomic mass is 32.2. The number of hydrogen-bond acceptors (Lipinski definition) is 7. The van der Waals surface area contributed by atoms with Gasteiger partial charge in [-0.05, 0) is 24.6 Å². The molecule has 1 aromatic carbocycles. The number of anilines is 2. The van der Waals surface area contributed by atoms with Gasteiger partial charge in [0.2, 0.25) is 16.0 Å². The van der Waals surface area contributed by atoms with Crippen molar-refractivity contribution in [3.05, 3.63) is 53.1 Å². The highest BCUT2D eigenvalue weighted by Gasteiger charge is 2.26. The van der Waals surface area contributed by atoms with Gasteiger partial charge in [0.1, 0.15) is 5.82 Å². The second-order valence-corrected chi connectivity index (χ2v) is 9.28. The van der Waals surface area contributed by atoms with Crippen molar-refractivity contribution in [2.24, 2.45) is 0 Å².